The largest absolute Gasteiger partial charge is 0.322 e. The smallest absolute Gasteiger partial charge is 0.322 e. The minimum absolute atomic E-state index is 0.156. The van der Waals surface area contributed by atoms with Crippen LogP contribution in [0.2, 0.25) is 5.02 Å². The molecule has 5 nitrogen and oxygen atoms in total. The van der Waals surface area contributed by atoms with Crippen molar-refractivity contribution in [2.24, 2.45) is 0 Å². The van der Waals surface area contributed by atoms with Gasteiger partial charge in [-0.1, -0.05) is 65.7 Å². The third-order valence-corrected chi connectivity index (χ3v) is 5.67. The maximum Gasteiger partial charge on any atom is 0.322 e. The molecule has 2 N–H and O–H groups in total. The fourth-order valence-corrected chi connectivity index (χ4v) is 3.74. The number of amides is 2. The van der Waals surface area contributed by atoms with Gasteiger partial charge in [0.05, 0.1) is 17.3 Å². The molecule has 2 amide bonds. The highest BCUT2D eigenvalue weighted by molar-refractivity contribution is 6.33. The molecule has 0 atom stereocenters. The molecule has 0 aliphatic rings. The number of carbonyl (C=O) groups is 1. The predicted molar refractivity (Wildman–Crippen MR) is 130 cm³/mol. The van der Waals surface area contributed by atoms with Crippen molar-refractivity contribution >= 4 is 34.2 Å². The van der Waals surface area contributed by atoms with E-state index in [4.69, 9.17) is 11.6 Å². The number of aromatic nitrogens is 1. The third kappa shape index (κ3) is 5.01. The molecule has 0 saturated carbocycles. The first-order chi connectivity index (χ1) is 15.4. The van der Waals surface area contributed by atoms with Crippen LogP contribution in [0.1, 0.15) is 22.3 Å². The number of benzene rings is 3. The van der Waals surface area contributed by atoms with Crippen LogP contribution >= 0.6 is 11.6 Å². The van der Waals surface area contributed by atoms with Crippen LogP contribution in [0.3, 0.4) is 0 Å². The normalized spacial score (nSPS) is 10.8. The van der Waals surface area contributed by atoms with Crippen LogP contribution < -0.4 is 10.9 Å². The van der Waals surface area contributed by atoms with Gasteiger partial charge in [0.2, 0.25) is 0 Å². The summed E-state index contributed by atoms with van der Waals surface area (Å²) in [6.07, 6.45) is 0. The molecule has 0 unspecified atom stereocenters. The number of nitrogens with one attached hydrogen (secondary N) is 2. The number of urea groups is 1. The summed E-state index contributed by atoms with van der Waals surface area (Å²) in [5, 5.41) is 4.25. The first-order valence-corrected chi connectivity index (χ1v) is 10.8. The topological polar surface area (TPSA) is 65.2 Å². The highest BCUT2D eigenvalue weighted by atomic mass is 35.5. The fourth-order valence-electron chi connectivity index (χ4n) is 3.55. The standard InChI is InChI=1S/C26H24ClN3O2/c1-17-7-10-19(11-8-17)15-30(26(32)29-23-6-4-3-5-22(23)27)16-21-14-20-12-9-18(2)13-24(20)28-25(21)31/h3-14H,15-16H2,1-2H3,(H,28,31)(H,29,32). The minimum Gasteiger partial charge on any atom is -0.322 e. The number of halogens is 1. The number of fused-ring (bicyclic) bond motifs is 1. The summed E-state index contributed by atoms with van der Waals surface area (Å²) in [7, 11) is 0. The Bertz CT molecular complexity index is 1330. The molecule has 0 fully saturated rings. The van der Waals surface area contributed by atoms with Crippen molar-refractivity contribution in [3.63, 3.8) is 0 Å². The summed E-state index contributed by atoms with van der Waals surface area (Å²) >= 11 is 6.23. The molecule has 4 aromatic rings. The van der Waals surface area contributed by atoms with Gasteiger partial charge in [-0.05, 0) is 54.6 Å². The predicted octanol–water partition coefficient (Wildman–Crippen LogP) is 6.03. The molecule has 0 bridgehead atoms. The Morgan fingerprint density at radius 1 is 0.938 bits per heavy atom. The number of pyridine rings is 1. The van der Waals surface area contributed by atoms with E-state index < -0.39 is 0 Å². The number of rotatable bonds is 5. The average Bonchev–Trinajstić information content (AvgIpc) is 2.77. The lowest BCUT2D eigenvalue weighted by atomic mass is 10.1. The van der Waals surface area contributed by atoms with Gasteiger partial charge in [-0.3, -0.25) is 4.79 Å². The second-order valence-electron chi connectivity index (χ2n) is 7.97. The van der Waals surface area contributed by atoms with Gasteiger partial charge in [0, 0.05) is 17.6 Å². The van der Waals surface area contributed by atoms with Crippen molar-refractivity contribution in [3.8, 4) is 0 Å². The first kappa shape index (κ1) is 21.7. The van der Waals surface area contributed by atoms with Crippen LogP contribution in [0.15, 0.2) is 77.6 Å². The van der Waals surface area contributed by atoms with E-state index in [0.29, 0.717) is 22.8 Å². The van der Waals surface area contributed by atoms with Gasteiger partial charge in [-0.15, -0.1) is 0 Å². The molecule has 0 aliphatic carbocycles. The van der Waals surface area contributed by atoms with Gasteiger partial charge in [-0.25, -0.2) is 4.79 Å². The molecule has 0 spiro atoms. The van der Waals surface area contributed by atoms with E-state index in [1.54, 1.807) is 23.1 Å². The Kier molecular flexibility index (Phi) is 6.28. The Morgan fingerprint density at radius 3 is 2.41 bits per heavy atom. The molecule has 1 aromatic heterocycles. The number of carbonyl (C=O) groups excluding carboxylic acids is 1. The summed E-state index contributed by atoms with van der Waals surface area (Å²) in [4.78, 5) is 30.5. The number of aryl methyl sites for hydroxylation is 2. The van der Waals surface area contributed by atoms with Crippen molar-refractivity contribution in [1.29, 1.82) is 0 Å². The summed E-state index contributed by atoms with van der Waals surface area (Å²) < 4.78 is 0. The van der Waals surface area contributed by atoms with Gasteiger partial charge in [0.1, 0.15) is 0 Å². The number of nitrogens with zero attached hydrogens (tertiary/aromatic N) is 1. The number of hydrogen-bond donors (Lipinski definition) is 2. The van der Waals surface area contributed by atoms with Crippen LogP contribution in [0.25, 0.3) is 10.9 Å². The molecular weight excluding hydrogens is 422 g/mol. The molecule has 3 aromatic carbocycles. The van der Waals surface area contributed by atoms with Crippen LogP contribution in [0.4, 0.5) is 10.5 Å². The number of anilines is 1. The zero-order chi connectivity index (χ0) is 22.7. The maximum atomic E-state index is 13.2. The summed E-state index contributed by atoms with van der Waals surface area (Å²) in [6.45, 7) is 4.50. The van der Waals surface area contributed by atoms with E-state index in [-0.39, 0.29) is 18.1 Å². The summed E-state index contributed by atoms with van der Waals surface area (Å²) in [5.41, 5.74) is 4.80. The lowest BCUT2D eigenvalue weighted by molar-refractivity contribution is 0.206. The highest BCUT2D eigenvalue weighted by Crippen LogP contribution is 2.22. The van der Waals surface area contributed by atoms with Crippen LogP contribution in [0, 0.1) is 13.8 Å². The molecule has 4 rings (SSSR count). The number of aromatic amines is 1. The molecule has 0 saturated heterocycles. The molecule has 32 heavy (non-hydrogen) atoms. The van der Waals surface area contributed by atoms with E-state index in [0.717, 1.165) is 27.6 Å². The lowest BCUT2D eigenvalue weighted by Crippen LogP contribution is -2.35. The number of hydrogen-bond acceptors (Lipinski definition) is 2. The maximum absolute atomic E-state index is 13.2. The van der Waals surface area contributed by atoms with Crippen LogP contribution in [0.5, 0.6) is 0 Å². The monoisotopic (exact) mass is 445 g/mol. The SMILES string of the molecule is Cc1ccc(CN(Cc2cc3ccc(C)cc3[nH]c2=O)C(=O)Nc2ccccc2Cl)cc1. The van der Waals surface area contributed by atoms with Crippen molar-refractivity contribution in [1.82, 2.24) is 9.88 Å². The van der Waals surface area contributed by atoms with Gasteiger partial charge in [0.15, 0.2) is 0 Å². The Morgan fingerprint density at radius 2 is 1.66 bits per heavy atom. The van der Waals surface area contributed by atoms with Gasteiger partial charge >= 0.3 is 6.03 Å². The lowest BCUT2D eigenvalue weighted by Gasteiger charge is -2.24. The molecule has 0 aliphatic heterocycles. The molecular formula is C26H24ClN3O2. The van der Waals surface area contributed by atoms with E-state index in [1.165, 1.54) is 0 Å². The van der Waals surface area contributed by atoms with Crippen molar-refractivity contribution < 1.29 is 4.79 Å². The van der Waals surface area contributed by atoms with Crippen LogP contribution in [-0.4, -0.2) is 15.9 Å². The summed E-state index contributed by atoms with van der Waals surface area (Å²) in [5.74, 6) is 0. The molecule has 162 valence electrons. The zero-order valence-electron chi connectivity index (χ0n) is 18.0. The minimum atomic E-state index is -0.331. The third-order valence-electron chi connectivity index (χ3n) is 5.34. The van der Waals surface area contributed by atoms with Crippen molar-refractivity contribution in [2.45, 2.75) is 26.9 Å². The quantitative estimate of drug-likeness (QED) is 0.393. The second-order valence-corrected chi connectivity index (χ2v) is 8.37. The Balaban J connectivity index is 1.66. The van der Waals surface area contributed by atoms with Gasteiger partial charge < -0.3 is 15.2 Å². The van der Waals surface area contributed by atoms with Crippen molar-refractivity contribution in [3.05, 3.63) is 110 Å². The van der Waals surface area contributed by atoms with E-state index >= 15 is 0 Å². The highest BCUT2D eigenvalue weighted by Gasteiger charge is 2.18. The average molecular weight is 446 g/mol. The fraction of sp³-hybridized carbons (Fsp3) is 0.154. The number of para-hydroxylation sites is 1. The number of H-pyrrole nitrogens is 1. The van der Waals surface area contributed by atoms with E-state index in [2.05, 4.69) is 10.3 Å². The Hall–Kier alpha value is -3.57. The molecule has 1 heterocycles. The summed E-state index contributed by atoms with van der Waals surface area (Å²) in [6, 6.07) is 22.5. The Labute approximate surface area is 191 Å². The van der Waals surface area contributed by atoms with E-state index in [1.807, 2.05) is 68.4 Å². The first-order valence-electron chi connectivity index (χ1n) is 10.4. The van der Waals surface area contributed by atoms with Crippen LogP contribution in [-0.2, 0) is 13.1 Å². The molecule has 0 radical (unpaired) electrons. The van der Waals surface area contributed by atoms with E-state index in [9.17, 15) is 9.59 Å². The molecule has 6 heteroatoms. The van der Waals surface area contributed by atoms with Crippen molar-refractivity contribution in [2.75, 3.05) is 5.32 Å². The van der Waals surface area contributed by atoms with Gasteiger partial charge in [0.25, 0.3) is 5.56 Å². The van der Waals surface area contributed by atoms with Gasteiger partial charge in [-0.2, -0.15) is 0 Å². The second kappa shape index (κ2) is 9.28. The zero-order valence-corrected chi connectivity index (χ0v) is 18.7.